The lowest BCUT2D eigenvalue weighted by molar-refractivity contribution is 0.284. The number of nitriles is 1. The average Bonchev–Trinajstić information content (AvgIpc) is 2.37. The molecule has 0 saturated heterocycles. The normalized spacial score (nSPS) is 10.7. The number of nitrogens with zero attached hydrogens (tertiary/aromatic N) is 2. The van der Waals surface area contributed by atoms with E-state index in [9.17, 15) is 5.26 Å². The van der Waals surface area contributed by atoms with Gasteiger partial charge in [0.2, 0.25) is 0 Å². The number of likely N-dealkylation sites (N-methyl/N-ethyl adjacent to an activating group) is 1. The van der Waals surface area contributed by atoms with Crippen LogP contribution in [0.15, 0.2) is 23.1 Å². The van der Waals surface area contributed by atoms with Gasteiger partial charge < -0.3 is 10.2 Å². The van der Waals surface area contributed by atoms with E-state index in [4.69, 9.17) is 0 Å². The highest BCUT2D eigenvalue weighted by Gasteiger charge is 2.07. The van der Waals surface area contributed by atoms with Gasteiger partial charge in [0.1, 0.15) is 6.07 Å². The van der Waals surface area contributed by atoms with Gasteiger partial charge in [-0.3, -0.25) is 0 Å². The van der Waals surface area contributed by atoms with Crippen molar-refractivity contribution in [3.05, 3.63) is 23.8 Å². The Bertz CT molecular complexity index is 424. The topological polar surface area (TPSA) is 39.1 Å². The third-order valence-corrected chi connectivity index (χ3v) is 3.80. The van der Waals surface area contributed by atoms with Crippen molar-refractivity contribution in [2.75, 3.05) is 31.7 Å². The molecule has 0 heterocycles. The third kappa shape index (κ3) is 3.94. The van der Waals surface area contributed by atoms with Gasteiger partial charge in [0.25, 0.3) is 0 Å². The number of nitrogens with one attached hydrogen (secondary N) is 1. The van der Waals surface area contributed by atoms with E-state index in [1.807, 2.05) is 24.5 Å². The van der Waals surface area contributed by atoms with E-state index in [0.717, 1.165) is 29.2 Å². The molecule has 0 fully saturated rings. The first-order valence-electron chi connectivity index (χ1n) is 6.11. The molecule has 3 nitrogen and oxygen atoms in total. The van der Waals surface area contributed by atoms with Crippen molar-refractivity contribution >= 4 is 17.4 Å². The maximum absolute atomic E-state index is 9.21. The summed E-state index contributed by atoms with van der Waals surface area (Å²) in [6.45, 7) is 6.16. The van der Waals surface area contributed by atoms with E-state index >= 15 is 0 Å². The summed E-state index contributed by atoms with van der Waals surface area (Å²) in [5.41, 5.74) is 1.68. The van der Waals surface area contributed by atoms with Gasteiger partial charge in [-0.05, 0) is 39.3 Å². The van der Waals surface area contributed by atoms with Crippen molar-refractivity contribution in [3.8, 4) is 6.07 Å². The SMILES string of the molecule is CSc1cccc(NCCN(C)C(C)C)c1C#N. The second kappa shape index (κ2) is 7.30. The summed E-state index contributed by atoms with van der Waals surface area (Å²) in [5.74, 6) is 0. The third-order valence-electron chi connectivity index (χ3n) is 3.02. The lowest BCUT2D eigenvalue weighted by atomic mass is 10.2. The van der Waals surface area contributed by atoms with Gasteiger partial charge in [0.05, 0.1) is 11.3 Å². The van der Waals surface area contributed by atoms with Crippen LogP contribution in [0.3, 0.4) is 0 Å². The van der Waals surface area contributed by atoms with Crippen LogP contribution in [0.5, 0.6) is 0 Å². The number of anilines is 1. The van der Waals surface area contributed by atoms with Crippen molar-refractivity contribution in [1.82, 2.24) is 4.90 Å². The number of thioether (sulfide) groups is 1. The molecular weight excluding hydrogens is 242 g/mol. The Hall–Kier alpha value is -1.18. The number of benzene rings is 1. The Balaban J connectivity index is 2.66. The summed E-state index contributed by atoms with van der Waals surface area (Å²) in [5, 5.41) is 12.6. The fourth-order valence-corrected chi connectivity index (χ4v) is 2.16. The standard InChI is InChI=1S/C14H21N3S/c1-11(2)17(3)9-8-16-13-6-5-7-14(18-4)12(13)10-15/h5-7,11,16H,8-9H2,1-4H3. The van der Waals surface area contributed by atoms with Gasteiger partial charge in [0.15, 0.2) is 0 Å². The molecule has 0 atom stereocenters. The molecule has 0 radical (unpaired) electrons. The van der Waals surface area contributed by atoms with Crippen LogP contribution < -0.4 is 5.32 Å². The molecule has 18 heavy (non-hydrogen) atoms. The number of hydrogen-bond donors (Lipinski definition) is 1. The van der Waals surface area contributed by atoms with E-state index in [-0.39, 0.29) is 0 Å². The molecule has 0 spiro atoms. The monoisotopic (exact) mass is 263 g/mol. The second-order valence-electron chi connectivity index (χ2n) is 4.50. The highest BCUT2D eigenvalue weighted by molar-refractivity contribution is 7.98. The summed E-state index contributed by atoms with van der Waals surface area (Å²) in [7, 11) is 2.11. The summed E-state index contributed by atoms with van der Waals surface area (Å²) in [6, 6.07) is 8.75. The zero-order chi connectivity index (χ0) is 13.5. The molecule has 0 bridgehead atoms. The molecule has 98 valence electrons. The quantitative estimate of drug-likeness (QED) is 0.801. The minimum absolute atomic E-state index is 0.541. The molecule has 0 aliphatic carbocycles. The first-order chi connectivity index (χ1) is 8.60. The van der Waals surface area contributed by atoms with Crippen LogP contribution in [0.1, 0.15) is 19.4 Å². The second-order valence-corrected chi connectivity index (χ2v) is 5.34. The molecule has 0 aromatic heterocycles. The Morgan fingerprint density at radius 3 is 2.72 bits per heavy atom. The zero-order valence-corrected chi connectivity index (χ0v) is 12.3. The molecule has 1 rings (SSSR count). The molecule has 0 aliphatic rings. The minimum Gasteiger partial charge on any atom is -0.383 e. The van der Waals surface area contributed by atoms with Crippen LogP contribution in [0.4, 0.5) is 5.69 Å². The van der Waals surface area contributed by atoms with Crippen molar-refractivity contribution in [1.29, 1.82) is 5.26 Å². The molecule has 0 unspecified atom stereocenters. The van der Waals surface area contributed by atoms with Gasteiger partial charge >= 0.3 is 0 Å². The van der Waals surface area contributed by atoms with Gasteiger partial charge in [-0.1, -0.05) is 6.07 Å². The zero-order valence-electron chi connectivity index (χ0n) is 11.5. The van der Waals surface area contributed by atoms with Crippen LogP contribution in [0, 0.1) is 11.3 Å². The maximum Gasteiger partial charge on any atom is 0.102 e. The molecule has 0 saturated carbocycles. The van der Waals surface area contributed by atoms with Crippen LogP contribution in [-0.4, -0.2) is 37.3 Å². The Morgan fingerprint density at radius 1 is 1.44 bits per heavy atom. The van der Waals surface area contributed by atoms with E-state index in [0.29, 0.717) is 6.04 Å². The Kier molecular flexibility index (Phi) is 6.03. The fraction of sp³-hybridized carbons (Fsp3) is 0.500. The van der Waals surface area contributed by atoms with Crippen LogP contribution in [-0.2, 0) is 0 Å². The summed E-state index contributed by atoms with van der Waals surface area (Å²) < 4.78 is 0. The highest BCUT2D eigenvalue weighted by atomic mass is 32.2. The summed E-state index contributed by atoms with van der Waals surface area (Å²) in [4.78, 5) is 3.30. The van der Waals surface area contributed by atoms with Crippen molar-refractivity contribution in [2.24, 2.45) is 0 Å². The van der Waals surface area contributed by atoms with Gasteiger partial charge in [0, 0.05) is 24.0 Å². The Morgan fingerprint density at radius 2 is 2.17 bits per heavy atom. The van der Waals surface area contributed by atoms with Crippen molar-refractivity contribution in [3.63, 3.8) is 0 Å². The minimum atomic E-state index is 0.541. The molecular formula is C14H21N3S. The Labute approximate surface area is 114 Å². The van der Waals surface area contributed by atoms with Crippen LogP contribution in [0.25, 0.3) is 0 Å². The predicted octanol–water partition coefficient (Wildman–Crippen LogP) is 3.03. The van der Waals surface area contributed by atoms with Gasteiger partial charge in [-0.15, -0.1) is 11.8 Å². The van der Waals surface area contributed by atoms with Crippen LogP contribution >= 0.6 is 11.8 Å². The highest BCUT2D eigenvalue weighted by Crippen LogP contribution is 2.25. The van der Waals surface area contributed by atoms with E-state index in [1.54, 1.807) is 11.8 Å². The lowest BCUT2D eigenvalue weighted by Crippen LogP contribution is -2.31. The molecule has 0 amide bonds. The van der Waals surface area contributed by atoms with E-state index in [2.05, 4.69) is 37.2 Å². The predicted molar refractivity (Wildman–Crippen MR) is 79.2 cm³/mol. The van der Waals surface area contributed by atoms with Crippen LogP contribution in [0.2, 0.25) is 0 Å². The summed E-state index contributed by atoms with van der Waals surface area (Å²) in [6.07, 6.45) is 1.99. The van der Waals surface area contributed by atoms with Gasteiger partial charge in [-0.25, -0.2) is 0 Å². The fourth-order valence-electron chi connectivity index (χ4n) is 1.59. The van der Waals surface area contributed by atoms with Gasteiger partial charge in [-0.2, -0.15) is 5.26 Å². The average molecular weight is 263 g/mol. The van der Waals surface area contributed by atoms with E-state index in [1.165, 1.54) is 0 Å². The largest absolute Gasteiger partial charge is 0.383 e. The summed E-state index contributed by atoms with van der Waals surface area (Å²) >= 11 is 1.61. The molecule has 1 N–H and O–H groups in total. The smallest absolute Gasteiger partial charge is 0.102 e. The molecule has 0 aliphatic heterocycles. The number of rotatable bonds is 6. The maximum atomic E-state index is 9.21. The van der Waals surface area contributed by atoms with Crippen molar-refractivity contribution in [2.45, 2.75) is 24.8 Å². The lowest BCUT2D eigenvalue weighted by Gasteiger charge is -2.21. The first kappa shape index (κ1) is 14.9. The van der Waals surface area contributed by atoms with E-state index < -0.39 is 0 Å². The van der Waals surface area contributed by atoms with Crippen molar-refractivity contribution < 1.29 is 0 Å². The molecule has 1 aromatic carbocycles. The number of hydrogen-bond acceptors (Lipinski definition) is 4. The first-order valence-corrected chi connectivity index (χ1v) is 7.33. The molecule has 1 aromatic rings. The molecule has 4 heteroatoms.